The van der Waals surface area contributed by atoms with E-state index in [2.05, 4.69) is 46.1 Å². The van der Waals surface area contributed by atoms with Gasteiger partial charge in [0.15, 0.2) is 0 Å². The standard InChI is InChI=1S/C20H17ClN4O2/c1-11(2)12-4-6-13(7-5-12)19-24-25-20(27-19)18-22-16-10-14(26-3)8-9-15(16)17(21)23-18/h4-11H,1-3H3. The Hall–Kier alpha value is -2.99. The summed E-state index contributed by atoms with van der Waals surface area (Å²) >= 11 is 6.30. The van der Waals surface area contributed by atoms with Gasteiger partial charge in [-0.15, -0.1) is 10.2 Å². The minimum Gasteiger partial charge on any atom is -0.497 e. The molecule has 0 saturated carbocycles. The van der Waals surface area contributed by atoms with Gasteiger partial charge < -0.3 is 9.15 Å². The fourth-order valence-electron chi connectivity index (χ4n) is 2.73. The van der Waals surface area contributed by atoms with Crippen LogP contribution in [-0.2, 0) is 0 Å². The maximum Gasteiger partial charge on any atom is 0.286 e. The summed E-state index contributed by atoms with van der Waals surface area (Å²) in [6.45, 7) is 4.30. The number of fused-ring (bicyclic) bond motifs is 1. The Balaban J connectivity index is 1.72. The highest BCUT2D eigenvalue weighted by molar-refractivity contribution is 6.34. The van der Waals surface area contributed by atoms with E-state index in [9.17, 15) is 0 Å². The van der Waals surface area contributed by atoms with Crippen molar-refractivity contribution >= 4 is 22.5 Å². The molecule has 0 atom stereocenters. The number of hydrogen-bond donors (Lipinski definition) is 0. The van der Waals surface area contributed by atoms with Gasteiger partial charge in [-0.05, 0) is 35.7 Å². The predicted molar refractivity (Wildman–Crippen MR) is 104 cm³/mol. The van der Waals surface area contributed by atoms with Gasteiger partial charge in [0, 0.05) is 17.0 Å². The smallest absolute Gasteiger partial charge is 0.286 e. The molecular weight excluding hydrogens is 364 g/mol. The Morgan fingerprint density at radius 3 is 2.41 bits per heavy atom. The Morgan fingerprint density at radius 2 is 1.70 bits per heavy atom. The SMILES string of the molecule is COc1ccc2c(Cl)nc(-c3nnc(-c4ccc(C(C)C)cc4)o3)nc2c1. The van der Waals surface area contributed by atoms with Crippen molar-refractivity contribution < 1.29 is 9.15 Å². The maximum atomic E-state index is 6.30. The van der Waals surface area contributed by atoms with Crippen LogP contribution in [0.15, 0.2) is 46.9 Å². The molecule has 0 fully saturated rings. The number of hydrogen-bond acceptors (Lipinski definition) is 6. The average Bonchev–Trinajstić information content (AvgIpc) is 3.17. The van der Waals surface area contributed by atoms with Gasteiger partial charge in [0.2, 0.25) is 11.7 Å². The van der Waals surface area contributed by atoms with Crippen LogP contribution in [0.25, 0.3) is 34.1 Å². The number of nitrogens with zero attached hydrogens (tertiary/aromatic N) is 4. The van der Waals surface area contributed by atoms with Gasteiger partial charge in [-0.2, -0.15) is 0 Å². The highest BCUT2D eigenvalue weighted by atomic mass is 35.5. The molecule has 0 radical (unpaired) electrons. The normalized spacial score (nSPS) is 11.3. The number of ether oxygens (including phenoxy) is 1. The zero-order valence-electron chi connectivity index (χ0n) is 15.1. The van der Waals surface area contributed by atoms with Crippen LogP contribution in [0, 0.1) is 0 Å². The van der Waals surface area contributed by atoms with Gasteiger partial charge in [-0.3, -0.25) is 0 Å². The number of rotatable bonds is 4. The maximum absolute atomic E-state index is 6.30. The lowest BCUT2D eigenvalue weighted by atomic mass is 10.0. The Bertz CT molecular complexity index is 1110. The molecule has 0 amide bonds. The highest BCUT2D eigenvalue weighted by Gasteiger charge is 2.16. The molecule has 0 bridgehead atoms. The van der Waals surface area contributed by atoms with E-state index in [1.807, 2.05) is 24.3 Å². The lowest BCUT2D eigenvalue weighted by Gasteiger charge is -2.05. The van der Waals surface area contributed by atoms with Crippen LogP contribution in [0.2, 0.25) is 5.15 Å². The van der Waals surface area contributed by atoms with Gasteiger partial charge in [0.25, 0.3) is 5.89 Å². The van der Waals surface area contributed by atoms with Crippen LogP contribution in [0.3, 0.4) is 0 Å². The van der Waals surface area contributed by atoms with Crippen molar-refractivity contribution in [2.45, 2.75) is 19.8 Å². The summed E-state index contributed by atoms with van der Waals surface area (Å²) in [6.07, 6.45) is 0. The van der Waals surface area contributed by atoms with Crippen LogP contribution < -0.4 is 4.74 Å². The molecule has 2 aromatic heterocycles. The molecule has 2 heterocycles. The second-order valence-electron chi connectivity index (χ2n) is 6.41. The quantitative estimate of drug-likeness (QED) is 0.457. The van der Waals surface area contributed by atoms with Crippen molar-refractivity contribution in [1.29, 1.82) is 0 Å². The van der Waals surface area contributed by atoms with Crippen molar-refractivity contribution in [3.05, 3.63) is 53.2 Å². The van der Waals surface area contributed by atoms with Crippen LogP contribution in [0.4, 0.5) is 0 Å². The molecule has 0 aliphatic heterocycles. The Morgan fingerprint density at radius 1 is 0.963 bits per heavy atom. The molecule has 0 N–H and O–H groups in total. The summed E-state index contributed by atoms with van der Waals surface area (Å²) in [5.74, 6) is 2.04. The molecule has 0 unspecified atom stereocenters. The van der Waals surface area contributed by atoms with Crippen LogP contribution in [0.5, 0.6) is 5.75 Å². The largest absolute Gasteiger partial charge is 0.497 e. The van der Waals surface area contributed by atoms with Crippen LogP contribution in [0.1, 0.15) is 25.3 Å². The monoisotopic (exact) mass is 380 g/mol. The van der Waals surface area contributed by atoms with E-state index in [4.69, 9.17) is 20.8 Å². The van der Waals surface area contributed by atoms with E-state index in [0.29, 0.717) is 28.2 Å². The molecular formula is C20H17ClN4O2. The second kappa shape index (κ2) is 6.96. The molecule has 136 valence electrons. The number of aromatic nitrogens is 4. The summed E-state index contributed by atoms with van der Waals surface area (Å²) in [5.41, 5.74) is 2.73. The summed E-state index contributed by atoms with van der Waals surface area (Å²) < 4.78 is 11.0. The Kier molecular flexibility index (Phi) is 4.49. The summed E-state index contributed by atoms with van der Waals surface area (Å²) in [5, 5.41) is 9.24. The first-order chi connectivity index (χ1) is 13.0. The molecule has 2 aromatic carbocycles. The number of halogens is 1. The molecule has 27 heavy (non-hydrogen) atoms. The average molecular weight is 381 g/mol. The van der Waals surface area contributed by atoms with Gasteiger partial charge in [-0.1, -0.05) is 37.6 Å². The van der Waals surface area contributed by atoms with Crippen LogP contribution >= 0.6 is 11.6 Å². The lowest BCUT2D eigenvalue weighted by Crippen LogP contribution is -1.93. The minimum absolute atomic E-state index is 0.213. The molecule has 4 rings (SSSR count). The molecule has 4 aromatic rings. The van der Waals surface area contributed by atoms with E-state index < -0.39 is 0 Å². The van der Waals surface area contributed by atoms with E-state index in [1.54, 1.807) is 13.2 Å². The third-order valence-electron chi connectivity index (χ3n) is 4.30. The van der Waals surface area contributed by atoms with E-state index in [1.165, 1.54) is 5.56 Å². The van der Waals surface area contributed by atoms with Gasteiger partial charge >= 0.3 is 0 Å². The first-order valence-electron chi connectivity index (χ1n) is 8.50. The van der Waals surface area contributed by atoms with Gasteiger partial charge in [0.05, 0.1) is 12.6 Å². The summed E-state index contributed by atoms with van der Waals surface area (Å²) in [7, 11) is 1.60. The third-order valence-corrected chi connectivity index (χ3v) is 4.59. The zero-order chi connectivity index (χ0) is 19.0. The second-order valence-corrected chi connectivity index (χ2v) is 6.77. The number of methoxy groups -OCH3 is 1. The van der Waals surface area contributed by atoms with Crippen molar-refractivity contribution in [2.24, 2.45) is 0 Å². The van der Waals surface area contributed by atoms with Crippen molar-refractivity contribution in [3.8, 4) is 28.9 Å². The molecule has 0 spiro atoms. The van der Waals surface area contributed by atoms with Crippen molar-refractivity contribution in [1.82, 2.24) is 20.2 Å². The van der Waals surface area contributed by atoms with Gasteiger partial charge in [0.1, 0.15) is 10.9 Å². The van der Waals surface area contributed by atoms with Crippen molar-refractivity contribution in [3.63, 3.8) is 0 Å². The molecule has 0 saturated heterocycles. The first-order valence-corrected chi connectivity index (χ1v) is 8.88. The highest BCUT2D eigenvalue weighted by Crippen LogP contribution is 2.29. The summed E-state index contributed by atoms with van der Waals surface area (Å²) in [4.78, 5) is 8.78. The molecule has 7 heteroatoms. The van der Waals surface area contributed by atoms with E-state index >= 15 is 0 Å². The summed E-state index contributed by atoms with van der Waals surface area (Å²) in [6, 6.07) is 13.4. The zero-order valence-corrected chi connectivity index (χ0v) is 15.9. The van der Waals surface area contributed by atoms with Crippen LogP contribution in [-0.4, -0.2) is 27.3 Å². The lowest BCUT2D eigenvalue weighted by molar-refractivity contribution is 0.415. The minimum atomic E-state index is 0.213. The fourth-order valence-corrected chi connectivity index (χ4v) is 2.97. The molecule has 6 nitrogen and oxygen atoms in total. The molecule has 0 aliphatic rings. The van der Waals surface area contributed by atoms with E-state index in [-0.39, 0.29) is 11.7 Å². The molecule has 0 aliphatic carbocycles. The first kappa shape index (κ1) is 17.4. The van der Waals surface area contributed by atoms with E-state index in [0.717, 1.165) is 10.9 Å². The topological polar surface area (TPSA) is 73.9 Å². The van der Waals surface area contributed by atoms with Crippen molar-refractivity contribution in [2.75, 3.05) is 7.11 Å². The number of benzene rings is 2. The van der Waals surface area contributed by atoms with Gasteiger partial charge in [-0.25, -0.2) is 9.97 Å². The predicted octanol–water partition coefficient (Wildman–Crippen LogP) is 5.13. The fraction of sp³-hybridized carbons (Fsp3) is 0.200. The third kappa shape index (κ3) is 3.36. The Labute approximate surface area is 161 Å².